The van der Waals surface area contributed by atoms with E-state index in [0.717, 1.165) is 25.8 Å². The predicted octanol–water partition coefficient (Wildman–Crippen LogP) is 3.61. The van der Waals surface area contributed by atoms with Crippen molar-refractivity contribution in [1.82, 2.24) is 0 Å². The average molecular weight is 509 g/mol. The van der Waals surface area contributed by atoms with E-state index in [9.17, 15) is 19.8 Å². The lowest BCUT2D eigenvalue weighted by Crippen LogP contribution is -2.37. The molecule has 0 spiro atoms. The van der Waals surface area contributed by atoms with Crippen LogP contribution >= 0.6 is 22.6 Å². The summed E-state index contributed by atoms with van der Waals surface area (Å²) >= 11 is 2.13. The molecule has 0 unspecified atom stereocenters. The van der Waals surface area contributed by atoms with Crippen LogP contribution in [-0.2, 0) is 27.3 Å². The summed E-state index contributed by atoms with van der Waals surface area (Å²) in [7, 11) is 0. The molecule has 2 N–H and O–H groups in total. The van der Waals surface area contributed by atoms with Crippen LogP contribution in [0, 0.1) is 24.3 Å². The highest BCUT2D eigenvalue weighted by Gasteiger charge is 2.33. The number of para-hydroxylation sites is 1. The molecule has 0 aromatic heterocycles. The molecule has 7 heteroatoms. The third kappa shape index (κ3) is 3.73. The second kappa shape index (κ2) is 8.31. The SMILES string of the molecule is CCOC(=O)[C@@H](O)c1c(C)c2c(c(C)c1I)CN(c1cccc(C)c1O)C(=O)C2. The van der Waals surface area contributed by atoms with Gasteiger partial charge in [0.2, 0.25) is 5.91 Å². The number of benzene rings is 2. The van der Waals surface area contributed by atoms with Crippen molar-refractivity contribution in [2.24, 2.45) is 0 Å². The topological polar surface area (TPSA) is 87.1 Å². The molecule has 0 aliphatic carbocycles. The molecule has 3 rings (SSSR count). The van der Waals surface area contributed by atoms with Gasteiger partial charge in [0, 0.05) is 9.13 Å². The number of aliphatic hydroxyl groups is 1. The van der Waals surface area contributed by atoms with Gasteiger partial charge in [-0.15, -0.1) is 0 Å². The van der Waals surface area contributed by atoms with E-state index in [4.69, 9.17) is 4.74 Å². The number of phenolic OH excluding ortho intramolecular Hbond substituents is 1. The minimum atomic E-state index is -1.39. The molecule has 0 fully saturated rings. The zero-order valence-corrected chi connectivity index (χ0v) is 19.0. The summed E-state index contributed by atoms with van der Waals surface area (Å²) in [5, 5.41) is 21.0. The van der Waals surface area contributed by atoms with Gasteiger partial charge in [-0.2, -0.15) is 0 Å². The third-order valence-corrected chi connectivity index (χ3v) is 6.87. The van der Waals surface area contributed by atoms with Crippen LogP contribution in [0.5, 0.6) is 5.75 Å². The second-order valence-electron chi connectivity index (χ2n) is 7.19. The van der Waals surface area contributed by atoms with Crippen molar-refractivity contribution in [3.8, 4) is 5.75 Å². The number of ether oxygens (including phenoxy) is 1. The van der Waals surface area contributed by atoms with Crippen LogP contribution in [0.4, 0.5) is 5.69 Å². The quantitative estimate of drug-likeness (QED) is 0.486. The van der Waals surface area contributed by atoms with Gasteiger partial charge in [-0.25, -0.2) is 4.79 Å². The number of hydrogen-bond donors (Lipinski definition) is 2. The average Bonchev–Trinajstić information content (AvgIpc) is 2.68. The number of fused-ring (bicyclic) bond motifs is 1. The molecular weight excluding hydrogens is 485 g/mol. The van der Waals surface area contributed by atoms with Gasteiger partial charge in [-0.1, -0.05) is 12.1 Å². The van der Waals surface area contributed by atoms with Crippen LogP contribution in [0.1, 0.15) is 46.4 Å². The molecule has 1 heterocycles. The standard InChI is InChI=1S/C22H24INO5/c1-5-29-22(28)21(27)18-12(3)14-9-17(25)24(10-15(14)13(4)19(18)23)16-8-6-7-11(2)20(16)26/h6-8,21,26-27H,5,9-10H2,1-4H3/t21-/m0/s1. The molecule has 0 bridgehead atoms. The number of esters is 1. The Balaban J connectivity index is 2.10. The maximum Gasteiger partial charge on any atom is 0.339 e. The molecule has 1 aliphatic rings. The molecule has 29 heavy (non-hydrogen) atoms. The number of halogens is 1. The number of carbonyl (C=O) groups is 2. The molecule has 154 valence electrons. The highest BCUT2D eigenvalue weighted by Crippen LogP contribution is 2.39. The van der Waals surface area contributed by atoms with Gasteiger partial charge >= 0.3 is 5.97 Å². The molecule has 6 nitrogen and oxygen atoms in total. The fourth-order valence-electron chi connectivity index (χ4n) is 3.81. The number of anilines is 1. The summed E-state index contributed by atoms with van der Waals surface area (Å²) in [4.78, 5) is 26.7. The lowest BCUT2D eigenvalue weighted by molar-refractivity contribution is -0.153. The Kier molecular flexibility index (Phi) is 6.19. The summed E-state index contributed by atoms with van der Waals surface area (Å²) in [6, 6.07) is 5.34. The molecule has 2 aromatic carbocycles. The van der Waals surface area contributed by atoms with Crippen LogP contribution in [-0.4, -0.2) is 28.7 Å². The number of phenols is 1. The van der Waals surface area contributed by atoms with E-state index in [0.29, 0.717) is 23.4 Å². The van der Waals surface area contributed by atoms with Gasteiger partial charge in [0.15, 0.2) is 6.10 Å². The first kappa shape index (κ1) is 21.6. The van der Waals surface area contributed by atoms with Crippen molar-refractivity contribution in [3.05, 3.63) is 55.1 Å². The Morgan fingerprint density at radius 1 is 1.24 bits per heavy atom. The number of carbonyl (C=O) groups excluding carboxylic acids is 2. The van der Waals surface area contributed by atoms with Crippen LogP contribution in [0.25, 0.3) is 0 Å². The van der Waals surface area contributed by atoms with Crippen molar-refractivity contribution in [1.29, 1.82) is 0 Å². The Morgan fingerprint density at radius 3 is 2.59 bits per heavy atom. The largest absolute Gasteiger partial charge is 0.505 e. The summed E-state index contributed by atoms with van der Waals surface area (Å²) in [5.41, 5.74) is 5.15. The summed E-state index contributed by atoms with van der Waals surface area (Å²) in [5.74, 6) is -0.734. The fraction of sp³-hybridized carbons (Fsp3) is 0.364. The Labute approximate surface area is 183 Å². The summed E-state index contributed by atoms with van der Waals surface area (Å²) in [6.45, 7) is 7.74. The maximum absolute atomic E-state index is 12.9. The molecule has 1 aliphatic heterocycles. The lowest BCUT2D eigenvalue weighted by Gasteiger charge is -2.33. The maximum atomic E-state index is 12.9. The van der Waals surface area contributed by atoms with E-state index in [2.05, 4.69) is 22.6 Å². The van der Waals surface area contributed by atoms with E-state index < -0.39 is 12.1 Å². The molecular formula is C22H24INO5. The molecule has 1 atom stereocenters. The zero-order valence-electron chi connectivity index (χ0n) is 16.9. The van der Waals surface area contributed by atoms with Gasteiger partial charge in [-0.3, -0.25) is 4.79 Å². The number of hydrogen-bond acceptors (Lipinski definition) is 5. The highest BCUT2D eigenvalue weighted by molar-refractivity contribution is 14.1. The number of aliphatic hydroxyl groups excluding tert-OH is 1. The monoisotopic (exact) mass is 509 g/mol. The van der Waals surface area contributed by atoms with Crippen molar-refractivity contribution in [2.75, 3.05) is 11.5 Å². The van der Waals surface area contributed by atoms with Gasteiger partial charge in [0.05, 0.1) is 25.3 Å². The predicted molar refractivity (Wildman–Crippen MR) is 118 cm³/mol. The van der Waals surface area contributed by atoms with Crippen LogP contribution < -0.4 is 4.90 Å². The first-order valence-electron chi connectivity index (χ1n) is 9.42. The lowest BCUT2D eigenvalue weighted by atomic mass is 9.86. The third-order valence-electron chi connectivity index (χ3n) is 5.48. The summed E-state index contributed by atoms with van der Waals surface area (Å²) < 4.78 is 5.76. The molecule has 2 aromatic rings. The molecule has 0 saturated carbocycles. The zero-order chi connectivity index (χ0) is 21.5. The van der Waals surface area contributed by atoms with Gasteiger partial charge in [0.1, 0.15) is 5.75 Å². The Bertz CT molecular complexity index is 1000. The van der Waals surface area contributed by atoms with E-state index in [1.807, 2.05) is 19.9 Å². The van der Waals surface area contributed by atoms with Crippen molar-refractivity contribution < 1.29 is 24.5 Å². The van der Waals surface area contributed by atoms with E-state index >= 15 is 0 Å². The van der Waals surface area contributed by atoms with E-state index in [1.165, 1.54) is 0 Å². The van der Waals surface area contributed by atoms with Gasteiger partial charge < -0.3 is 19.8 Å². The van der Waals surface area contributed by atoms with Crippen molar-refractivity contribution in [2.45, 2.75) is 46.8 Å². The smallest absolute Gasteiger partial charge is 0.339 e. The molecule has 1 amide bonds. The second-order valence-corrected chi connectivity index (χ2v) is 8.27. The minimum absolute atomic E-state index is 0.0997. The number of nitrogens with zero attached hydrogens (tertiary/aromatic N) is 1. The number of rotatable bonds is 4. The van der Waals surface area contributed by atoms with Crippen LogP contribution in [0.15, 0.2) is 18.2 Å². The Hall–Kier alpha value is -2.13. The van der Waals surface area contributed by atoms with E-state index in [1.54, 1.807) is 30.9 Å². The summed E-state index contributed by atoms with van der Waals surface area (Å²) in [6.07, 6.45) is -1.26. The van der Waals surface area contributed by atoms with Crippen LogP contribution in [0.3, 0.4) is 0 Å². The van der Waals surface area contributed by atoms with Crippen LogP contribution in [0.2, 0.25) is 0 Å². The van der Waals surface area contributed by atoms with Crippen molar-refractivity contribution in [3.63, 3.8) is 0 Å². The highest BCUT2D eigenvalue weighted by atomic mass is 127. The normalized spacial score (nSPS) is 14.6. The fourth-order valence-corrected chi connectivity index (χ4v) is 4.83. The first-order chi connectivity index (χ1) is 13.7. The number of aryl methyl sites for hydroxylation is 1. The number of amides is 1. The van der Waals surface area contributed by atoms with Gasteiger partial charge in [0.25, 0.3) is 0 Å². The molecule has 0 radical (unpaired) electrons. The van der Waals surface area contributed by atoms with Crippen molar-refractivity contribution >= 4 is 40.2 Å². The first-order valence-corrected chi connectivity index (χ1v) is 10.5. The minimum Gasteiger partial charge on any atom is -0.505 e. The molecule has 0 saturated heterocycles. The van der Waals surface area contributed by atoms with E-state index in [-0.39, 0.29) is 24.7 Å². The number of aromatic hydroxyl groups is 1. The van der Waals surface area contributed by atoms with Gasteiger partial charge in [-0.05, 0) is 84.2 Å². The Morgan fingerprint density at radius 2 is 1.93 bits per heavy atom.